The van der Waals surface area contributed by atoms with E-state index in [0.717, 1.165) is 24.8 Å². The van der Waals surface area contributed by atoms with Gasteiger partial charge in [0.2, 0.25) is 5.91 Å². The zero-order chi connectivity index (χ0) is 19.4. The number of amides is 1. The third-order valence-electron chi connectivity index (χ3n) is 6.63. The summed E-state index contributed by atoms with van der Waals surface area (Å²) in [4.78, 5) is 17.9. The van der Waals surface area contributed by atoms with Crippen LogP contribution >= 0.6 is 0 Å². The first-order valence-corrected chi connectivity index (χ1v) is 10.7. The Balaban J connectivity index is 1.45. The summed E-state index contributed by atoms with van der Waals surface area (Å²) in [6.07, 6.45) is 22.2. The summed E-state index contributed by atoms with van der Waals surface area (Å²) in [6.45, 7) is 0.683. The van der Waals surface area contributed by atoms with Crippen LogP contribution < -0.4 is 0 Å². The number of fused-ring (bicyclic) bond motifs is 1. The lowest BCUT2D eigenvalue weighted by Crippen LogP contribution is -2.45. The zero-order valence-corrected chi connectivity index (χ0v) is 16.6. The fraction of sp³-hybridized carbons (Fsp3) is 0.480. The number of para-hydroxylation sites is 1. The molecule has 28 heavy (non-hydrogen) atoms. The molecular formula is C25H30N2O. The van der Waals surface area contributed by atoms with Crippen molar-refractivity contribution in [1.82, 2.24) is 9.88 Å². The van der Waals surface area contributed by atoms with Crippen molar-refractivity contribution in [3.8, 4) is 12.3 Å². The molecule has 1 amide bonds. The van der Waals surface area contributed by atoms with Crippen molar-refractivity contribution in [2.24, 2.45) is 5.92 Å². The summed E-state index contributed by atoms with van der Waals surface area (Å²) >= 11 is 0. The van der Waals surface area contributed by atoms with Gasteiger partial charge in [-0.25, -0.2) is 0 Å². The Morgan fingerprint density at radius 3 is 2.89 bits per heavy atom. The zero-order valence-electron chi connectivity index (χ0n) is 16.6. The minimum absolute atomic E-state index is 0.198. The molecule has 1 aromatic heterocycles. The number of allylic oxidation sites excluding steroid dienone is 1. The molecule has 0 unspecified atom stereocenters. The van der Waals surface area contributed by atoms with E-state index in [9.17, 15) is 4.79 Å². The number of likely N-dealkylation sites (tertiary alicyclic amines) is 1. The quantitative estimate of drug-likeness (QED) is 0.545. The number of nitrogens with zero attached hydrogens (tertiary/aromatic N) is 1. The Hall–Kier alpha value is -2.47. The van der Waals surface area contributed by atoms with Crippen molar-refractivity contribution < 1.29 is 4.79 Å². The van der Waals surface area contributed by atoms with Crippen molar-refractivity contribution >= 4 is 16.8 Å². The molecular weight excluding hydrogens is 344 g/mol. The number of aromatic nitrogens is 1. The van der Waals surface area contributed by atoms with Gasteiger partial charge >= 0.3 is 0 Å². The summed E-state index contributed by atoms with van der Waals surface area (Å²) in [6, 6.07) is 8.31. The van der Waals surface area contributed by atoms with Gasteiger partial charge in [0.25, 0.3) is 0 Å². The maximum atomic E-state index is 12.6. The topological polar surface area (TPSA) is 36.1 Å². The van der Waals surface area contributed by atoms with Crippen molar-refractivity contribution in [2.75, 3.05) is 6.54 Å². The largest absolute Gasteiger partial charge is 0.361 e. The van der Waals surface area contributed by atoms with Gasteiger partial charge in [0.1, 0.15) is 5.54 Å². The molecule has 1 aliphatic carbocycles. The second kappa shape index (κ2) is 8.27. The smallest absolute Gasteiger partial charge is 0.223 e. The Kier molecular flexibility index (Phi) is 5.57. The summed E-state index contributed by atoms with van der Waals surface area (Å²) in [5.74, 6) is 3.90. The maximum Gasteiger partial charge on any atom is 0.223 e. The van der Waals surface area contributed by atoms with Crippen LogP contribution in [0, 0.1) is 18.3 Å². The van der Waals surface area contributed by atoms with E-state index < -0.39 is 5.54 Å². The van der Waals surface area contributed by atoms with Gasteiger partial charge in [-0.3, -0.25) is 4.79 Å². The predicted molar refractivity (Wildman–Crippen MR) is 115 cm³/mol. The van der Waals surface area contributed by atoms with Crippen LogP contribution in [0.2, 0.25) is 0 Å². The van der Waals surface area contributed by atoms with Crippen molar-refractivity contribution in [1.29, 1.82) is 0 Å². The van der Waals surface area contributed by atoms with E-state index in [1.165, 1.54) is 43.1 Å². The number of benzene rings is 1. The lowest BCUT2D eigenvalue weighted by Gasteiger charge is -2.33. The van der Waals surface area contributed by atoms with Crippen LogP contribution in [0.4, 0.5) is 0 Å². The second-order valence-electron chi connectivity index (χ2n) is 8.36. The standard InChI is InChI=1S/C25H30N2O/c1-2-25(16-8-11-20-9-4-3-5-10-20)17-14-24(28)27(25)18-15-21-19-26-23-13-7-6-12-22(21)23/h1,6-8,11-13,19-20,26H,3-5,9-10,14-18H2/b11-8+/t25-/m1/s1. The van der Waals surface area contributed by atoms with Crippen LogP contribution in [-0.2, 0) is 11.2 Å². The number of carbonyl (C=O) groups is 1. The number of nitrogens with one attached hydrogen (secondary N) is 1. The molecule has 0 bridgehead atoms. The van der Waals surface area contributed by atoms with Gasteiger partial charge in [-0.05, 0) is 43.2 Å². The molecule has 2 heterocycles. The monoisotopic (exact) mass is 374 g/mol. The minimum atomic E-state index is -0.450. The van der Waals surface area contributed by atoms with Gasteiger partial charge in [0.05, 0.1) is 0 Å². The van der Waals surface area contributed by atoms with Crippen LogP contribution in [-0.4, -0.2) is 27.9 Å². The van der Waals surface area contributed by atoms with Gasteiger partial charge in [0, 0.05) is 36.5 Å². The number of hydrogen-bond acceptors (Lipinski definition) is 1. The van der Waals surface area contributed by atoms with E-state index in [4.69, 9.17) is 6.42 Å². The average molecular weight is 375 g/mol. The Labute approximate surface area is 168 Å². The first-order valence-electron chi connectivity index (χ1n) is 10.7. The molecule has 0 spiro atoms. The number of H-pyrrole nitrogens is 1. The normalized spacial score (nSPS) is 23.7. The van der Waals surface area contributed by atoms with Gasteiger partial charge in [-0.2, -0.15) is 0 Å². The van der Waals surface area contributed by atoms with E-state index in [2.05, 4.69) is 47.5 Å². The molecule has 2 fully saturated rings. The predicted octanol–water partition coefficient (Wildman–Crippen LogP) is 5.23. The van der Waals surface area contributed by atoms with E-state index in [0.29, 0.717) is 18.9 Å². The highest BCUT2D eigenvalue weighted by atomic mass is 16.2. The fourth-order valence-corrected chi connectivity index (χ4v) is 4.94. The second-order valence-corrected chi connectivity index (χ2v) is 8.36. The fourth-order valence-electron chi connectivity index (χ4n) is 4.94. The highest BCUT2D eigenvalue weighted by Crippen LogP contribution is 2.34. The van der Waals surface area contributed by atoms with Crippen molar-refractivity contribution in [2.45, 2.75) is 63.3 Å². The number of rotatable bonds is 6. The van der Waals surface area contributed by atoms with Crippen LogP contribution in [0.25, 0.3) is 10.9 Å². The van der Waals surface area contributed by atoms with E-state index in [-0.39, 0.29) is 5.91 Å². The lowest BCUT2D eigenvalue weighted by atomic mass is 9.87. The first-order chi connectivity index (χ1) is 13.7. The molecule has 1 aromatic carbocycles. The van der Waals surface area contributed by atoms with Gasteiger partial charge in [-0.15, -0.1) is 6.42 Å². The average Bonchev–Trinajstić information content (AvgIpc) is 3.29. The van der Waals surface area contributed by atoms with E-state index >= 15 is 0 Å². The molecule has 4 rings (SSSR count). The molecule has 1 saturated heterocycles. The maximum absolute atomic E-state index is 12.6. The summed E-state index contributed by atoms with van der Waals surface area (Å²) in [5, 5.41) is 1.23. The third kappa shape index (κ3) is 3.74. The molecule has 1 N–H and O–H groups in total. The Morgan fingerprint density at radius 2 is 2.07 bits per heavy atom. The van der Waals surface area contributed by atoms with Crippen LogP contribution in [0.5, 0.6) is 0 Å². The van der Waals surface area contributed by atoms with Crippen LogP contribution in [0.1, 0.15) is 56.9 Å². The summed E-state index contributed by atoms with van der Waals surface area (Å²) in [7, 11) is 0. The van der Waals surface area contributed by atoms with Crippen molar-refractivity contribution in [3.05, 3.63) is 48.2 Å². The van der Waals surface area contributed by atoms with Gasteiger partial charge < -0.3 is 9.88 Å². The molecule has 0 radical (unpaired) electrons. The highest BCUT2D eigenvalue weighted by Gasteiger charge is 2.42. The van der Waals surface area contributed by atoms with Gasteiger partial charge in [-0.1, -0.05) is 55.5 Å². The summed E-state index contributed by atoms with van der Waals surface area (Å²) in [5.41, 5.74) is 1.94. The molecule has 146 valence electrons. The molecule has 2 aliphatic rings. The molecule has 3 nitrogen and oxygen atoms in total. The van der Waals surface area contributed by atoms with Crippen molar-refractivity contribution in [3.63, 3.8) is 0 Å². The third-order valence-corrected chi connectivity index (χ3v) is 6.63. The highest BCUT2D eigenvalue weighted by molar-refractivity contribution is 5.83. The Bertz CT molecular complexity index is 897. The van der Waals surface area contributed by atoms with Crippen LogP contribution in [0.15, 0.2) is 42.6 Å². The Morgan fingerprint density at radius 1 is 1.25 bits per heavy atom. The number of carbonyl (C=O) groups excluding carboxylic acids is 1. The van der Waals surface area contributed by atoms with E-state index in [1.807, 2.05) is 11.0 Å². The molecule has 1 saturated carbocycles. The molecule has 1 aliphatic heterocycles. The number of terminal acetylenes is 1. The first kappa shape index (κ1) is 18.9. The molecule has 3 heteroatoms. The van der Waals surface area contributed by atoms with Crippen LogP contribution in [0.3, 0.4) is 0 Å². The SMILES string of the molecule is C#C[C@@]1(C/C=C/C2CCCCC2)CCC(=O)N1CCc1c[nH]c2ccccc12. The van der Waals surface area contributed by atoms with Gasteiger partial charge in [0.15, 0.2) is 0 Å². The summed E-state index contributed by atoms with van der Waals surface area (Å²) < 4.78 is 0. The minimum Gasteiger partial charge on any atom is -0.361 e. The lowest BCUT2D eigenvalue weighted by molar-refractivity contribution is -0.130. The van der Waals surface area contributed by atoms with E-state index in [1.54, 1.807) is 0 Å². The number of aromatic amines is 1. The molecule has 2 aromatic rings. The molecule has 1 atom stereocenters. The number of hydrogen-bond donors (Lipinski definition) is 1.